The number of nitrogens with two attached hydrogens (primary N) is 1. The van der Waals surface area contributed by atoms with Crippen LogP contribution >= 0.6 is 0 Å². The summed E-state index contributed by atoms with van der Waals surface area (Å²) in [5.41, 5.74) is 8.97. The highest BCUT2D eigenvalue weighted by Gasteiger charge is 2.36. The first kappa shape index (κ1) is 21.6. The molecule has 28 heavy (non-hydrogen) atoms. The van der Waals surface area contributed by atoms with Crippen molar-refractivity contribution in [2.24, 2.45) is 17.6 Å². The van der Waals surface area contributed by atoms with E-state index in [4.69, 9.17) is 5.73 Å². The van der Waals surface area contributed by atoms with Crippen LogP contribution < -0.4 is 5.73 Å². The van der Waals surface area contributed by atoms with Gasteiger partial charge in [-0.05, 0) is 49.1 Å². The maximum absolute atomic E-state index is 10.7. The van der Waals surface area contributed by atoms with Crippen molar-refractivity contribution < 1.29 is 19.8 Å². The molecule has 2 rings (SSSR count). The van der Waals surface area contributed by atoms with Crippen molar-refractivity contribution in [2.45, 2.75) is 51.2 Å². The van der Waals surface area contributed by atoms with E-state index in [9.17, 15) is 20.2 Å². The Hall–Kier alpha value is -2.68. The van der Waals surface area contributed by atoms with Gasteiger partial charge < -0.3 is 15.4 Å². The van der Waals surface area contributed by atoms with Gasteiger partial charge in [0.15, 0.2) is 0 Å². The number of hydrogen-bond donors (Lipinski definition) is 1. The third kappa shape index (κ3) is 5.91. The van der Waals surface area contributed by atoms with Crippen molar-refractivity contribution in [3.05, 3.63) is 67.8 Å². The van der Waals surface area contributed by atoms with Crippen LogP contribution in [0.2, 0.25) is 0 Å². The topological polar surface area (TPSA) is 131 Å². The Morgan fingerprint density at radius 3 is 2.64 bits per heavy atom. The van der Waals surface area contributed by atoms with Crippen LogP contribution in [0, 0.1) is 32.1 Å². The van der Waals surface area contributed by atoms with E-state index in [1.54, 1.807) is 6.07 Å². The molecular formula is C19H27N3O6. The minimum atomic E-state index is -1.09. The largest absolute Gasteiger partial charge is 0.321 e. The Morgan fingerprint density at radius 1 is 1.32 bits per heavy atom. The fourth-order valence-corrected chi connectivity index (χ4v) is 3.96. The Kier molecular flexibility index (Phi) is 6.95. The summed E-state index contributed by atoms with van der Waals surface area (Å²) in [6.45, 7) is 7.79. The van der Waals surface area contributed by atoms with Crippen molar-refractivity contribution in [3.63, 3.8) is 0 Å². The van der Waals surface area contributed by atoms with Gasteiger partial charge in [0, 0.05) is 12.0 Å². The van der Waals surface area contributed by atoms with Gasteiger partial charge in [-0.1, -0.05) is 43.3 Å². The molecule has 1 fully saturated rings. The zero-order valence-electron chi connectivity index (χ0n) is 16.2. The van der Waals surface area contributed by atoms with Crippen molar-refractivity contribution in [2.75, 3.05) is 6.61 Å². The fraction of sp³-hybridized carbons (Fsp3) is 0.579. The summed E-state index contributed by atoms with van der Waals surface area (Å²) in [4.78, 5) is 29.8. The van der Waals surface area contributed by atoms with Gasteiger partial charge in [0.05, 0.1) is 0 Å². The van der Waals surface area contributed by atoms with E-state index in [-0.39, 0.29) is 12.3 Å². The molecule has 0 heterocycles. The van der Waals surface area contributed by atoms with Gasteiger partial charge in [-0.2, -0.15) is 0 Å². The van der Waals surface area contributed by atoms with Gasteiger partial charge in [-0.3, -0.25) is 0 Å². The highest BCUT2D eigenvalue weighted by atomic mass is 17.0. The Morgan fingerprint density at radius 2 is 2.04 bits per heavy atom. The lowest BCUT2D eigenvalue weighted by Gasteiger charge is -2.40. The quantitative estimate of drug-likeness (QED) is 0.387. The maximum Gasteiger partial charge on any atom is 0.294 e. The van der Waals surface area contributed by atoms with Gasteiger partial charge in [-0.25, -0.2) is 0 Å². The SMILES string of the molecule is C=C1CC(C)CC(C(C)(N)c2cccc(CC(CO[N+](=O)[O-])O[N+](=O)[O-])c2)C1. The van der Waals surface area contributed by atoms with Gasteiger partial charge in [0.2, 0.25) is 0 Å². The summed E-state index contributed by atoms with van der Waals surface area (Å²) in [6, 6.07) is 7.42. The van der Waals surface area contributed by atoms with Crippen LogP contribution in [0.3, 0.4) is 0 Å². The van der Waals surface area contributed by atoms with Gasteiger partial charge in [0.25, 0.3) is 10.2 Å². The standard InChI is InChI=1S/C19H27N3O6/c1-13-7-14(2)9-17(8-13)19(3,20)16-6-4-5-15(10-16)11-18(28-22(25)26)12-27-21(23)24/h4-6,10,14,17-18H,1,7-9,11-12,20H2,2-3H3. The van der Waals surface area contributed by atoms with E-state index in [1.807, 2.05) is 25.1 Å². The maximum atomic E-state index is 10.7. The van der Waals surface area contributed by atoms with E-state index in [2.05, 4.69) is 23.2 Å². The summed E-state index contributed by atoms with van der Waals surface area (Å²) in [5.74, 6) is 0.761. The van der Waals surface area contributed by atoms with Gasteiger partial charge in [0.1, 0.15) is 12.7 Å². The zero-order valence-corrected chi connectivity index (χ0v) is 16.2. The number of benzene rings is 1. The minimum Gasteiger partial charge on any atom is -0.321 e. The highest BCUT2D eigenvalue weighted by Crippen LogP contribution is 2.41. The number of nitrogens with zero attached hydrogens (tertiary/aromatic N) is 2. The second kappa shape index (κ2) is 9.01. The van der Waals surface area contributed by atoms with E-state index in [0.29, 0.717) is 5.92 Å². The third-order valence-corrected chi connectivity index (χ3v) is 5.32. The lowest BCUT2D eigenvalue weighted by atomic mass is 9.68. The Labute approximate surface area is 163 Å². The summed E-state index contributed by atoms with van der Waals surface area (Å²) in [6.07, 6.45) is 1.88. The summed E-state index contributed by atoms with van der Waals surface area (Å²) < 4.78 is 0. The van der Waals surface area contributed by atoms with Crippen molar-refractivity contribution >= 4 is 0 Å². The third-order valence-electron chi connectivity index (χ3n) is 5.32. The molecule has 0 bridgehead atoms. The van der Waals surface area contributed by atoms with E-state index in [0.717, 1.165) is 30.4 Å². The molecule has 0 saturated heterocycles. The molecule has 0 spiro atoms. The van der Waals surface area contributed by atoms with Gasteiger partial charge in [-0.15, -0.1) is 20.2 Å². The molecule has 1 aliphatic rings. The second-order valence-corrected chi connectivity index (χ2v) is 7.85. The molecule has 1 aromatic rings. The van der Waals surface area contributed by atoms with Crippen LogP contribution in [0.15, 0.2) is 36.4 Å². The van der Waals surface area contributed by atoms with Crippen LogP contribution in [-0.2, 0) is 21.6 Å². The number of rotatable bonds is 9. The molecule has 4 unspecified atom stereocenters. The molecule has 2 N–H and O–H groups in total. The van der Waals surface area contributed by atoms with Crippen LogP contribution in [-0.4, -0.2) is 22.9 Å². The molecule has 154 valence electrons. The Bertz CT molecular complexity index is 736. The number of hydrogen-bond acceptors (Lipinski definition) is 7. The lowest BCUT2D eigenvalue weighted by Crippen LogP contribution is -2.43. The van der Waals surface area contributed by atoms with E-state index >= 15 is 0 Å². The average molecular weight is 393 g/mol. The van der Waals surface area contributed by atoms with E-state index < -0.39 is 28.4 Å². The zero-order chi connectivity index (χ0) is 20.9. The molecule has 0 aromatic heterocycles. The van der Waals surface area contributed by atoms with E-state index in [1.165, 1.54) is 5.57 Å². The second-order valence-electron chi connectivity index (χ2n) is 7.85. The minimum absolute atomic E-state index is 0.0898. The highest BCUT2D eigenvalue weighted by molar-refractivity contribution is 5.31. The lowest BCUT2D eigenvalue weighted by molar-refractivity contribution is -0.789. The predicted octanol–water partition coefficient (Wildman–Crippen LogP) is 3.18. The number of allylic oxidation sites excluding steroid dienone is 1. The first-order valence-electron chi connectivity index (χ1n) is 9.21. The normalized spacial score (nSPS) is 22.8. The average Bonchev–Trinajstić information content (AvgIpc) is 2.58. The molecule has 9 heteroatoms. The summed E-state index contributed by atoms with van der Waals surface area (Å²) in [7, 11) is 0. The Balaban J connectivity index is 2.17. The molecule has 1 aliphatic carbocycles. The first-order valence-corrected chi connectivity index (χ1v) is 9.21. The van der Waals surface area contributed by atoms with Crippen molar-refractivity contribution in [3.8, 4) is 0 Å². The fourth-order valence-electron chi connectivity index (χ4n) is 3.96. The molecule has 4 atom stereocenters. The predicted molar refractivity (Wildman–Crippen MR) is 102 cm³/mol. The first-order chi connectivity index (χ1) is 13.1. The van der Waals surface area contributed by atoms with Crippen LogP contribution in [0.1, 0.15) is 44.2 Å². The molecule has 9 nitrogen and oxygen atoms in total. The molecular weight excluding hydrogens is 366 g/mol. The molecule has 1 aromatic carbocycles. The van der Waals surface area contributed by atoms with Crippen LogP contribution in [0.5, 0.6) is 0 Å². The smallest absolute Gasteiger partial charge is 0.294 e. The van der Waals surface area contributed by atoms with Crippen molar-refractivity contribution in [1.82, 2.24) is 0 Å². The van der Waals surface area contributed by atoms with Gasteiger partial charge >= 0.3 is 0 Å². The molecule has 0 aliphatic heterocycles. The summed E-state index contributed by atoms with van der Waals surface area (Å²) in [5, 5.41) is 19.1. The van der Waals surface area contributed by atoms with Crippen molar-refractivity contribution in [1.29, 1.82) is 0 Å². The summed E-state index contributed by atoms with van der Waals surface area (Å²) >= 11 is 0. The molecule has 1 saturated carbocycles. The van der Waals surface area contributed by atoms with Crippen LogP contribution in [0.25, 0.3) is 0 Å². The van der Waals surface area contributed by atoms with Crippen LogP contribution in [0.4, 0.5) is 0 Å². The monoisotopic (exact) mass is 393 g/mol. The molecule has 0 amide bonds. The molecule has 0 radical (unpaired) electrons.